The van der Waals surface area contributed by atoms with Crippen molar-refractivity contribution < 1.29 is 22.7 Å². The molecule has 0 unspecified atom stereocenters. The minimum absolute atomic E-state index is 0.00885. The number of carbonyl (C=O) groups excluding carboxylic acids is 2. The molecule has 0 aliphatic heterocycles. The summed E-state index contributed by atoms with van der Waals surface area (Å²) in [6.45, 7) is 3.05. The van der Waals surface area contributed by atoms with Crippen LogP contribution in [0.2, 0.25) is 5.02 Å². The molecule has 1 fully saturated rings. The van der Waals surface area contributed by atoms with Crippen molar-refractivity contribution in [3.05, 3.63) is 87.4 Å². The Labute approximate surface area is 267 Å². The van der Waals surface area contributed by atoms with E-state index in [1.807, 2.05) is 31.2 Å². The summed E-state index contributed by atoms with van der Waals surface area (Å²) in [5.41, 5.74) is 1.79. The number of benzene rings is 3. The van der Waals surface area contributed by atoms with E-state index >= 15 is 0 Å². The van der Waals surface area contributed by atoms with Gasteiger partial charge in [0.15, 0.2) is 0 Å². The summed E-state index contributed by atoms with van der Waals surface area (Å²) in [7, 11) is -2.84. The molecular formula is C32H37BrClN3O5S. The van der Waals surface area contributed by atoms with Crippen LogP contribution < -0.4 is 14.4 Å². The minimum Gasteiger partial charge on any atom is -0.495 e. The van der Waals surface area contributed by atoms with Gasteiger partial charge < -0.3 is 15.0 Å². The van der Waals surface area contributed by atoms with E-state index in [1.54, 1.807) is 31.2 Å². The molecule has 0 spiro atoms. The maximum atomic E-state index is 14.2. The second-order valence-electron chi connectivity index (χ2n) is 10.8. The lowest BCUT2D eigenvalue weighted by Gasteiger charge is -2.33. The van der Waals surface area contributed by atoms with Crippen LogP contribution in [0.25, 0.3) is 0 Å². The quantitative estimate of drug-likeness (QED) is 0.249. The third kappa shape index (κ3) is 8.31. The standard InChI is InChI=1S/C32H37BrClN3O5S/c1-22-12-15-28(16-13-22)43(40,41)37(29-19-26(34)14-17-30(29)42-3)21-31(38)36(20-24-8-7-9-25(33)18-24)23(2)32(39)35-27-10-5-4-6-11-27/h7-9,12-19,23,27H,4-6,10-11,20-21H2,1-3H3,(H,35,39)/t23-/m0/s1. The molecule has 1 aliphatic carbocycles. The summed E-state index contributed by atoms with van der Waals surface area (Å²) in [6.07, 6.45) is 5.04. The third-order valence-electron chi connectivity index (χ3n) is 7.66. The first kappa shape index (κ1) is 32.8. The number of nitrogens with one attached hydrogen (secondary N) is 1. The van der Waals surface area contributed by atoms with Crippen LogP contribution in [0.1, 0.15) is 50.2 Å². The van der Waals surface area contributed by atoms with Crippen molar-refractivity contribution in [2.45, 2.75) is 69.5 Å². The van der Waals surface area contributed by atoms with Gasteiger partial charge >= 0.3 is 0 Å². The zero-order valence-electron chi connectivity index (χ0n) is 24.6. The average molecular weight is 691 g/mol. The van der Waals surface area contributed by atoms with E-state index in [4.69, 9.17) is 16.3 Å². The Bertz CT molecular complexity index is 1540. The van der Waals surface area contributed by atoms with Gasteiger partial charge in [-0.2, -0.15) is 0 Å². The second kappa shape index (κ2) is 14.6. The van der Waals surface area contributed by atoms with Crippen LogP contribution in [0.3, 0.4) is 0 Å². The van der Waals surface area contributed by atoms with Crippen molar-refractivity contribution in [2.24, 2.45) is 0 Å². The lowest BCUT2D eigenvalue weighted by molar-refractivity contribution is -0.139. The van der Waals surface area contributed by atoms with Gasteiger partial charge in [0, 0.05) is 22.1 Å². The lowest BCUT2D eigenvalue weighted by Crippen LogP contribution is -2.53. The molecule has 4 rings (SSSR count). The summed E-state index contributed by atoms with van der Waals surface area (Å²) in [5.74, 6) is -0.595. The normalized spacial score (nSPS) is 14.5. The zero-order chi connectivity index (χ0) is 31.1. The van der Waals surface area contributed by atoms with E-state index in [2.05, 4.69) is 21.2 Å². The number of anilines is 1. The number of hydrogen-bond donors (Lipinski definition) is 1. The molecular weight excluding hydrogens is 654 g/mol. The molecule has 1 aliphatic rings. The van der Waals surface area contributed by atoms with Gasteiger partial charge in [0.2, 0.25) is 11.8 Å². The number of nitrogens with zero attached hydrogens (tertiary/aromatic N) is 2. The molecule has 3 aromatic carbocycles. The fourth-order valence-corrected chi connectivity index (χ4v) is 7.22. The Morgan fingerprint density at radius 1 is 1.05 bits per heavy atom. The summed E-state index contributed by atoms with van der Waals surface area (Å²) < 4.78 is 35.6. The fourth-order valence-electron chi connectivity index (χ4n) is 5.19. The highest BCUT2D eigenvalue weighted by atomic mass is 79.9. The second-order valence-corrected chi connectivity index (χ2v) is 14.0. The predicted octanol–water partition coefficient (Wildman–Crippen LogP) is 6.48. The van der Waals surface area contributed by atoms with Gasteiger partial charge in [0.1, 0.15) is 18.3 Å². The van der Waals surface area contributed by atoms with Gasteiger partial charge in [-0.3, -0.25) is 13.9 Å². The minimum atomic E-state index is -4.26. The van der Waals surface area contributed by atoms with Crippen LogP contribution in [-0.2, 0) is 26.2 Å². The van der Waals surface area contributed by atoms with Crippen LogP contribution in [0.4, 0.5) is 5.69 Å². The van der Waals surface area contributed by atoms with Gasteiger partial charge in [-0.15, -0.1) is 0 Å². The summed E-state index contributed by atoms with van der Waals surface area (Å²) in [5, 5.41) is 3.39. The van der Waals surface area contributed by atoms with Crippen LogP contribution in [0, 0.1) is 6.92 Å². The van der Waals surface area contributed by atoms with E-state index in [0.29, 0.717) is 0 Å². The molecule has 0 aromatic heterocycles. The molecule has 230 valence electrons. The van der Waals surface area contributed by atoms with E-state index in [0.717, 1.165) is 52.0 Å². The monoisotopic (exact) mass is 689 g/mol. The number of aryl methyl sites for hydroxylation is 1. The molecule has 2 amide bonds. The van der Waals surface area contributed by atoms with Crippen LogP contribution >= 0.6 is 27.5 Å². The summed E-state index contributed by atoms with van der Waals surface area (Å²) >= 11 is 9.79. The molecule has 1 N–H and O–H groups in total. The van der Waals surface area contributed by atoms with Gasteiger partial charge in [-0.05, 0) is 74.7 Å². The van der Waals surface area contributed by atoms with E-state index in [9.17, 15) is 18.0 Å². The van der Waals surface area contributed by atoms with Crippen molar-refractivity contribution in [1.82, 2.24) is 10.2 Å². The molecule has 8 nitrogen and oxygen atoms in total. The first-order valence-corrected chi connectivity index (χ1v) is 16.9. The van der Waals surface area contributed by atoms with Crippen molar-refractivity contribution >= 4 is 55.1 Å². The summed E-state index contributed by atoms with van der Waals surface area (Å²) in [6, 6.07) is 17.6. The van der Waals surface area contributed by atoms with E-state index in [-0.39, 0.29) is 39.8 Å². The lowest BCUT2D eigenvalue weighted by atomic mass is 9.95. The number of sulfonamides is 1. The number of hydrogen-bond acceptors (Lipinski definition) is 5. The smallest absolute Gasteiger partial charge is 0.264 e. The molecule has 0 bridgehead atoms. The van der Waals surface area contributed by atoms with E-state index in [1.165, 1.54) is 30.2 Å². The number of methoxy groups -OCH3 is 1. The van der Waals surface area contributed by atoms with Gasteiger partial charge in [0.25, 0.3) is 10.0 Å². The van der Waals surface area contributed by atoms with Crippen LogP contribution in [0.15, 0.2) is 76.1 Å². The van der Waals surface area contributed by atoms with Gasteiger partial charge in [0.05, 0.1) is 17.7 Å². The highest BCUT2D eigenvalue weighted by molar-refractivity contribution is 9.10. The fraction of sp³-hybridized carbons (Fsp3) is 0.375. The maximum absolute atomic E-state index is 14.2. The molecule has 1 saturated carbocycles. The Morgan fingerprint density at radius 2 is 1.74 bits per heavy atom. The van der Waals surface area contributed by atoms with Crippen molar-refractivity contribution in [3.63, 3.8) is 0 Å². The van der Waals surface area contributed by atoms with Crippen LogP contribution in [-0.4, -0.2) is 50.9 Å². The largest absolute Gasteiger partial charge is 0.495 e. The maximum Gasteiger partial charge on any atom is 0.264 e. The third-order valence-corrected chi connectivity index (χ3v) is 10.2. The van der Waals surface area contributed by atoms with Crippen LogP contribution in [0.5, 0.6) is 5.75 Å². The number of ether oxygens (including phenoxy) is 1. The highest BCUT2D eigenvalue weighted by Crippen LogP contribution is 2.35. The molecule has 11 heteroatoms. The van der Waals surface area contributed by atoms with Gasteiger partial charge in [-0.1, -0.05) is 76.6 Å². The molecule has 0 saturated heterocycles. The molecule has 1 atom stereocenters. The topological polar surface area (TPSA) is 96.0 Å². The number of carbonyl (C=O) groups is 2. The first-order chi connectivity index (χ1) is 20.5. The Balaban J connectivity index is 1.73. The van der Waals surface area contributed by atoms with E-state index < -0.39 is 28.5 Å². The molecule has 43 heavy (non-hydrogen) atoms. The molecule has 3 aromatic rings. The van der Waals surface area contributed by atoms with Crippen molar-refractivity contribution in [2.75, 3.05) is 18.0 Å². The molecule has 0 radical (unpaired) electrons. The van der Waals surface area contributed by atoms with Crippen molar-refractivity contribution in [3.8, 4) is 5.75 Å². The zero-order valence-corrected chi connectivity index (χ0v) is 27.7. The Hall–Kier alpha value is -3.08. The predicted molar refractivity (Wildman–Crippen MR) is 173 cm³/mol. The summed E-state index contributed by atoms with van der Waals surface area (Å²) in [4.78, 5) is 29.1. The Kier molecular flexibility index (Phi) is 11.1. The Morgan fingerprint density at radius 3 is 2.40 bits per heavy atom. The number of amides is 2. The highest BCUT2D eigenvalue weighted by Gasteiger charge is 2.34. The van der Waals surface area contributed by atoms with Gasteiger partial charge in [-0.25, -0.2) is 8.42 Å². The van der Waals surface area contributed by atoms with Crippen molar-refractivity contribution in [1.29, 1.82) is 0 Å². The number of rotatable bonds is 11. The molecule has 0 heterocycles. The first-order valence-electron chi connectivity index (χ1n) is 14.3. The number of halogens is 2. The average Bonchev–Trinajstić information content (AvgIpc) is 2.99. The SMILES string of the molecule is COc1ccc(Cl)cc1N(CC(=O)N(Cc1cccc(Br)c1)[C@@H](C)C(=O)NC1CCCCC1)S(=O)(=O)c1ccc(C)cc1.